The molecule has 2 heterocycles. The molecule has 2 fully saturated rings. The van der Waals surface area contributed by atoms with Gasteiger partial charge < -0.3 is 4.90 Å². The van der Waals surface area contributed by atoms with Gasteiger partial charge in [0.25, 0.3) is 0 Å². The maximum Gasteiger partial charge on any atom is 0.00984 e. The second kappa shape index (κ2) is 3.61. The minimum absolute atomic E-state index is 0.928. The number of hydrogen-bond acceptors (Lipinski definition) is 1. The first-order chi connectivity index (χ1) is 6.22. The normalized spacial score (nSPS) is 42.2. The summed E-state index contributed by atoms with van der Waals surface area (Å²) < 4.78 is 0. The summed E-state index contributed by atoms with van der Waals surface area (Å²) in [5.41, 5.74) is 0. The molecule has 0 amide bonds. The van der Waals surface area contributed by atoms with E-state index in [1.54, 1.807) is 0 Å². The summed E-state index contributed by atoms with van der Waals surface area (Å²) in [4.78, 5) is 2.64. The lowest BCUT2D eigenvalue weighted by Crippen LogP contribution is -2.41. The van der Waals surface area contributed by atoms with Crippen LogP contribution in [0.1, 0.15) is 46.0 Å². The summed E-state index contributed by atoms with van der Waals surface area (Å²) in [5.74, 6) is 1.98. The molecule has 3 unspecified atom stereocenters. The zero-order valence-electron chi connectivity index (χ0n) is 9.29. The largest absolute Gasteiger partial charge is 0.300 e. The van der Waals surface area contributed by atoms with Gasteiger partial charge in [0.05, 0.1) is 0 Å². The first-order valence-corrected chi connectivity index (χ1v) is 5.94. The van der Waals surface area contributed by atoms with Crippen molar-refractivity contribution in [2.75, 3.05) is 7.05 Å². The summed E-state index contributed by atoms with van der Waals surface area (Å²) in [7, 11) is 2.33. The van der Waals surface area contributed by atoms with Crippen LogP contribution in [0.25, 0.3) is 0 Å². The Bertz CT molecular complexity index is 164. The predicted octanol–water partition coefficient (Wildman–Crippen LogP) is 2.91. The molecular formula is C12H23N. The van der Waals surface area contributed by atoms with E-state index in [4.69, 9.17) is 0 Å². The van der Waals surface area contributed by atoms with Crippen LogP contribution in [0.15, 0.2) is 0 Å². The van der Waals surface area contributed by atoms with E-state index in [2.05, 4.69) is 25.8 Å². The van der Waals surface area contributed by atoms with Crippen LogP contribution >= 0.6 is 0 Å². The second-order valence-electron chi connectivity index (χ2n) is 5.17. The Morgan fingerprint density at radius 2 is 1.77 bits per heavy atom. The molecule has 0 aromatic rings. The minimum Gasteiger partial charge on any atom is -0.300 e. The minimum atomic E-state index is 0.928. The van der Waals surface area contributed by atoms with E-state index in [9.17, 15) is 0 Å². The number of hydrogen-bond donors (Lipinski definition) is 0. The van der Waals surface area contributed by atoms with Gasteiger partial charge in [0.15, 0.2) is 0 Å². The molecule has 2 aliphatic heterocycles. The quantitative estimate of drug-likeness (QED) is 0.633. The summed E-state index contributed by atoms with van der Waals surface area (Å²) in [5, 5.41) is 0. The molecule has 0 N–H and O–H groups in total. The predicted molar refractivity (Wildman–Crippen MR) is 56.8 cm³/mol. The van der Waals surface area contributed by atoms with Gasteiger partial charge in [0, 0.05) is 12.1 Å². The van der Waals surface area contributed by atoms with Crippen molar-refractivity contribution in [1.82, 2.24) is 4.90 Å². The molecule has 3 atom stereocenters. The summed E-state index contributed by atoms with van der Waals surface area (Å²) in [6.45, 7) is 4.78. The van der Waals surface area contributed by atoms with Crippen LogP contribution in [0.4, 0.5) is 0 Å². The van der Waals surface area contributed by atoms with Crippen molar-refractivity contribution in [3.8, 4) is 0 Å². The fourth-order valence-electron chi connectivity index (χ4n) is 3.25. The van der Waals surface area contributed by atoms with Crippen LogP contribution in [0.2, 0.25) is 0 Å². The Labute approximate surface area is 82.5 Å². The Kier molecular flexibility index (Phi) is 2.64. The summed E-state index contributed by atoms with van der Waals surface area (Å²) in [6, 6.07) is 1.86. The zero-order valence-corrected chi connectivity index (χ0v) is 9.29. The highest BCUT2D eigenvalue weighted by Crippen LogP contribution is 2.40. The Hall–Kier alpha value is -0.0400. The van der Waals surface area contributed by atoms with Gasteiger partial charge in [-0.15, -0.1) is 0 Å². The average molecular weight is 181 g/mol. The summed E-state index contributed by atoms with van der Waals surface area (Å²) in [6.07, 6.45) is 7.25. The van der Waals surface area contributed by atoms with Crippen LogP contribution in [0, 0.1) is 11.8 Å². The van der Waals surface area contributed by atoms with Gasteiger partial charge >= 0.3 is 0 Å². The molecule has 0 radical (unpaired) electrons. The highest BCUT2D eigenvalue weighted by Gasteiger charge is 2.39. The summed E-state index contributed by atoms with van der Waals surface area (Å²) >= 11 is 0. The second-order valence-corrected chi connectivity index (χ2v) is 5.17. The molecule has 2 aliphatic rings. The third-order valence-electron chi connectivity index (χ3n) is 4.58. The number of piperidine rings is 1. The maximum absolute atomic E-state index is 2.64. The van der Waals surface area contributed by atoms with Gasteiger partial charge in [-0.1, -0.05) is 20.3 Å². The van der Waals surface area contributed by atoms with Crippen molar-refractivity contribution < 1.29 is 0 Å². The van der Waals surface area contributed by atoms with Crippen molar-refractivity contribution >= 4 is 0 Å². The van der Waals surface area contributed by atoms with E-state index >= 15 is 0 Å². The monoisotopic (exact) mass is 181 g/mol. The van der Waals surface area contributed by atoms with E-state index in [0.717, 1.165) is 23.9 Å². The van der Waals surface area contributed by atoms with E-state index in [-0.39, 0.29) is 0 Å². The molecule has 2 saturated heterocycles. The zero-order chi connectivity index (χ0) is 9.42. The Morgan fingerprint density at radius 1 is 1.23 bits per heavy atom. The van der Waals surface area contributed by atoms with Crippen molar-refractivity contribution in [3.63, 3.8) is 0 Å². The number of rotatable bonds is 2. The molecule has 0 saturated carbocycles. The molecule has 1 heteroatoms. The van der Waals surface area contributed by atoms with E-state index in [1.165, 1.54) is 32.1 Å². The molecular weight excluding hydrogens is 158 g/mol. The molecule has 2 rings (SSSR count). The van der Waals surface area contributed by atoms with E-state index in [1.807, 2.05) is 0 Å². The smallest absolute Gasteiger partial charge is 0.00984 e. The molecule has 2 bridgehead atoms. The van der Waals surface area contributed by atoms with Gasteiger partial charge in [0.2, 0.25) is 0 Å². The third-order valence-corrected chi connectivity index (χ3v) is 4.58. The fraction of sp³-hybridized carbons (Fsp3) is 1.00. The van der Waals surface area contributed by atoms with Crippen molar-refractivity contribution in [2.45, 2.75) is 58.0 Å². The number of nitrogens with zero attached hydrogens (tertiary/aromatic N) is 1. The van der Waals surface area contributed by atoms with Gasteiger partial charge in [-0.05, 0) is 44.6 Å². The first-order valence-electron chi connectivity index (χ1n) is 5.94. The van der Waals surface area contributed by atoms with Crippen LogP contribution < -0.4 is 0 Å². The highest BCUT2D eigenvalue weighted by molar-refractivity contribution is 4.94. The Morgan fingerprint density at radius 3 is 2.23 bits per heavy atom. The van der Waals surface area contributed by atoms with Crippen LogP contribution in [-0.4, -0.2) is 24.0 Å². The van der Waals surface area contributed by atoms with Crippen LogP contribution in [0.3, 0.4) is 0 Å². The third kappa shape index (κ3) is 1.63. The van der Waals surface area contributed by atoms with Gasteiger partial charge in [-0.3, -0.25) is 0 Å². The van der Waals surface area contributed by atoms with Gasteiger partial charge in [0.1, 0.15) is 0 Å². The fourth-order valence-corrected chi connectivity index (χ4v) is 3.25. The molecule has 0 aromatic heterocycles. The van der Waals surface area contributed by atoms with Crippen LogP contribution in [-0.2, 0) is 0 Å². The lowest BCUT2D eigenvalue weighted by molar-refractivity contribution is 0.105. The molecule has 0 spiro atoms. The highest BCUT2D eigenvalue weighted by atomic mass is 15.2. The maximum atomic E-state index is 2.64. The molecule has 0 aliphatic carbocycles. The van der Waals surface area contributed by atoms with E-state index in [0.29, 0.717) is 0 Å². The van der Waals surface area contributed by atoms with Crippen molar-refractivity contribution in [1.29, 1.82) is 0 Å². The average Bonchev–Trinajstić information content (AvgIpc) is 2.42. The van der Waals surface area contributed by atoms with Gasteiger partial charge in [-0.25, -0.2) is 0 Å². The lowest BCUT2D eigenvalue weighted by Gasteiger charge is -2.38. The Balaban J connectivity index is 1.98. The SMILES string of the molecule is CCC(C)C1CC2CCC(C1)N2C. The van der Waals surface area contributed by atoms with Crippen molar-refractivity contribution in [2.24, 2.45) is 11.8 Å². The first kappa shape index (κ1) is 9.51. The molecule has 0 aromatic carbocycles. The molecule has 1 nitrogen and oxygen atoms in total. The van der Waals surface area contributed by atoms with E-state index < -0.39 is 0 Å². The van der Waals surface area contributed by atoms with Gasteiger partial charge in [-0.2, -0.15) is 0 Å². The molecule has 13 heavy (non-hydrogen) atoms. The molecule has 76 valence electrons. The lowest BCUT2D eigenvalue weighted by atomic mass is 9.81. The topological polar surface area (TPSA) is 3.24 Å². The standard InChI is InChI=1S/C12H23N/c1-4-9(2)10-7-11-5-6-12(8-10)13(11)3/h9-12H,4-8H2,1-3H3. The van der Waals surface area contributed by atoms with Crippen molar-refractivity contribution in [3.05, 3.63) is 0 Å². The van der Waals surface area contributed by atoms with Crippen LogP contribution in [0.5, 0.6) is 0 Å². The number of fused-ring (bicyclic) bond motifs is 2.